The van der Waals surface area contributed by atoms with Crippen LogP contribution in [0.4, 0.5) is 13.2 Å². The zero-order chi connectivity index (χ0) is 7.61. The third-order valence-corrected chi connectivity index (χ3v) is 1.47. The van der Waals surface area contributed by atoms with Crippen LogP contribution in [0.25, 0.3) is 0 Å². The van der Waals surface area contributed by atoms with Crippen LogP contribution in [0.1, 0.15) is 19.3 Å². The van der Waals surface area contributed by atoms with Gasteiger partial charge in [-0.2, -0.15) is 13.2 Å². The van der Waals surface area contributed by atoms with E-state index < -0.39 is 6.18 Å². The summed E-state index contributed by atoms with van der Waals surface area (Å²) in [6.07, 6.45) is 0.224. The van der Waals surface area contributed by atoms with E-state index in [-0.39, 0.29) is 0 Å². The summed E-state index contributed by atoms with van der Waals surface area (Å²) >= 11 is 0. The number of rotatable bonds is 2. The Kier molecular flexibility index (Phi) is 2.02. The first kappa shape index (κ1) is 7.63. The lowest BCUT2D eigenvalue weighted by atomic mass is 10.3. The van der Waals surface area contributed by atoms with Crippen LogP contribution < -0.4 is 0 Å². The molecule has 1 aliphatic carbocycles. The minimum absolute atomic E-state index is 0.325. The van der Waals surface area contributed by atoms with Crippen LogP contribution in [0, 0.1) is 5.92 Å². The van der Waals surface area contributed by atoms with E-state index in [1.54, 1.807) is 0 Å². The van der Waals surface area contributed by atoms with E-state index in [4.69, 9.17) is 0 Å². The van der Waals surface area contributed by atoms with Gasteiger partial charge in [-0.15, -0.1) is 0 Å². The maximum Gasteiger partial charge on any atom is 0.409 e. The molecule has 1 saturated carbocycles. The summed E-state index contributed by atoms with van der Waals surface area (Å²) in [7, 11) is 0. The summed E-state index contributed by atoms with van der Waals surface area (Å²) in [5.74, 6) is 0.540. The average molecular weight is 150 g/mol. The number of allylic oxidation sites excluding steroid dienone is 2. The van der Waals surface area contributed by atoms with Crippen LogP contribution >= 0.6 is 0 Å². The van der Waals surface area contributed by atoms with Crippen molar-refractivity contribution in [3.05, 3.63) is 12.2 Å². The topological polar surface area (TPSA) is 0 Å². The third kappa shape index (κ3) is 3.54. The Morgan fingerprint density at radius 2 is 1.90 bits per heavy atom. The quantitative estimate of drug-likeness (QED) is 0.531. The summed E-state index contributed by atoms with van der Waals surface area (Å²) in [6, 6.07) is 0. The summed E-state index contributed by atoms with van der Waals surface area (Å²) < 4.78 is 34.3. The first-order valence-electron chi connectivity index (χ1n) is 3.32. The van der Waals surface area contributed by atoms with Crippen LogP contribution in [0.5, 0.6) is 0 Å². The molecule has 0 aromatic carbocycles. The lowest BCUT2D eigenvalue weighted by Gasteiger charge is -1.95. The molecule has 0 bridgehead atoms. The molecule has 58 valence electrons. The van der Waals surface area contributed by atoms with Crippen molar-refractivity contribution in [2.24, 2.45) is 5.92 Å². The molecule has 0 radical (unpaired) electrons. The lowest BCUT2D eigenvalue weighted by Crippen LogP contribution is -2.00. The molecule has 0 amide bonds. The first-order valence-corrected chi connectivity index (χ1v) is 3.32. The van der Waals surface area contributed by atoms with Crippen LogP contribution in [-0.4, -0.2) is 6.18 Å². The van der Waals surface area contributed by atoms with E-state index in [1.807, 2.05) is 0 Å². The monoisotopic (exact) mass is 150 g/mol. The van der Waals surface area contributed by atoms with Crippen molar-refractivity contribution in [2.75, 3.05) is 0 Å². The van der Waals surface area contributed by atoms with Crippen molar-refractivity contribution in [3.63, 3.8) is 0 Å². The SMILES string of the molecule is FC(F)(F)/C=C\CC1CC1. The summed E-state index contributed by atoms with van der Waals surface area (Å²) in [6.45, 7) is 0. The predicted molar refractivity (Wildman–Crippen MR) is 32.5 cm³/mol. The van der Waals surface area contributed by atoms with Gasteiger partial charge in [-0.05, 0) is 25.2 Å². The number of hydrogen-bond donors (Lipinski definition) is 0. The number of hydrogen-bond acceptors (Lipinski definition) is 0. The second-order valence-electron chi connectivity index (χ2n) is 2.62. The van der Waals surface area contributed by atoms with Crippen molar-refractivity contribution in [2.45, 2.75) is 25.4 Å². The first-order chi connectivity index (χ1) is 4.58. The molecule has 0 aliphatic heterocycles. The Labute approximate surface area is 57.7 Å². The normalized spacial score (nSPS) is 20.3. The Balaban J connectivity index is 2.15. The highest BCUT2D eigenvalue weighted by atomic mass is 19.4. The van der Waals surface area contributed by atoms with Gasteiger partial charge >= 0.3 is 6.18 Å². The molecule has 0 unspecified atom stereocenters. The molecule has 10 heavy (non-hydrogen) atoms. The summed E-state index contributed by atoms with van der Waals surface area (Å²) in [5, 5.41) is 0. The van der Waals surface area contributed by atoms with Gasteiger partial charge < -0.3 is 0 Å². The number of halogens is 3. The number of alkyl halides is 3. The molecular formula is C7H9F3. The third-order valence-electron chi connectivity index (χ3n) is 1.47. The van der Waals surface area contributed by atoms with E-state index in [0.717, 1.165) is 12.8 Å². The molecule has 0 saturated heterocycles. The molecule has 3 heteroatoms. The molecular weight excluding hydrogens is 141 g/mol. The molecule has 1 fully saturated rings. The van der Waals surface area contributed by atoms with Gasteiger partial charge in [-0.3, -0.25) is 0 Å². The smallest absolute Gasteiger partial charge is 0.167 e. The average Bonchev–Trinajstić information content (AvgIpc) is 2.45. The predicted octanol–water partition coefficient (Wildman–Crippen LogP) is 2.91. The molecule has 1 rings (SSSR count). The van der Waals surface area contributed by atoms with Gasteiger partial charge in [0.1, 0.15) is 0 Å². The van der Waals surface area contributed by atoms with Crippen molar-refractivity contribution in [1.29, 1.82) is 0 Å². The van der Waals surface area contributed by atoms with Crippen LogP contribution in [0.2, 0.25) is 0 Å². The zero-order valence-electron chi connectivity index (χ0n) is 5.49. The molecule has 0 nitrogen and oxygen atoms in total. The van der Waals surface area contributed by atoms with E-state index >= 15 is 0 Å². The zero-order valence-corrected chi connectivity index (χ0v) is 5.49. The van der Waals surface area contributed by atoms with E-state index in [9.17, 15) is 13.2 Å². The fraction of sp³-hybridized carbons (Fsp3) is 0.714. The van der Waals surface area contributed by atoms with Crippen molar-refractivity contribution >= 4 is 0 Å². The van der Waals surface area contributed by atoms with Crippen molar-refractivity contribution < 1.29 is 13.2 Å². The van der Waals surface area contributed by atoms with Crippen LogP contribution in [-0.2, 0) is 0 Å². The highest BCUT2D eigenvalue weighted by molar-refractivity contribution is 4.92. The van der Waals surface area contributed by atoms with E-state index in [2.05, 4.69) is 0 Å². The van der Waals surface area contributed by atoms with E-state index in [0.29, 0.717) is 18.4 Å². The van der Waals surface area contributed by atoms with Crippen LogP contribution in [0.15, 0.2) is 12.2 Å². The maximum absolute atomic E-state index is 11.4. The summed E-state index contributed by atoms with van der Waals surface area (Å²) in [5.41, 5.74) is 0. The Morgan fingerprint density at radius 1 is 1.30 bits per heavy atom. The van der Waals surface area contributed by atoms with Gasteiger partial charge in [-0.1, -0.05) is 6.08 Å². The van der Waals surface area contributed by atoms with E-state index in [1.165, 1.54) is 6.08 Å². The summed E-state index contributed by atoms with van der Waals surface area (Å²) in [4.78, 5) is 0. The van der Waals surface area contributed by atoms with Gasteiger partial charge in [-0.25, -0.2) is 0 Å². The molecule has 0 spiro atoms. The van der Waals surface area contributed by atoms with Gasteiger partial charge in [0.25, 0.3) is 0 Å². The fourth-order valence-corrected chi connectivity index (χ4v) is 0.748. The second-order valence-corrected chi connectivity index (χ2v) is 2.62. The molecule has 0 heterocycles. The van der Waals surface area contributed by atoms with Gasteiger partial charge in [0, 0.05) is 6.08 Å². The highest BCUT2D eigenvalue weighted by Gasteiger charge is 2.23. The standard InChI is InChI=1S/C7H9F3/c8-7(9,10)5-1-2-6-3-4-6/h1,5-6H,2-4H2/b5-1-. The van der Waals surface area contributed by atoms with Crippen LogP contribution in [0.3, 0.4) is 0 Å². The molecule has 0 atom stereocenters. The largest absolute Gasteiger partial charge is 0.409 e. The molecule has 0 N–H and O–H groups in total. The minimum Gasteiger partial charge on any atom is -0.167 e. The highest BCUT2D eigenvalue weighted by Crippen LogP contribution is 2.33. The van der Waals surface area contributed by atoms with Crippen molar-refractivity contribution in [1.82, 2.24) is 0 Å². The van der Waals surface area contributed by atoms with Gasteiger partial charge in [0.15, 0.2) is 0 Å². The Hall–Kier alpha value is -0.470. The fourth-order valence-electron chi connectivity index (χ4n) is 0.748. The molecule has 1 aliphatic rings. The minimum atomic E-state index is -4.12. The van der Waals surface area contributed by atoms with Crippen molar-refractivity contribution in [3.8, 4) is 0 Å². The van der Waals surface area contributed by atoms with Gasteiger partial charge in [0.05, 0.1) is 0 Å². The lowest BCUT2D eigenvalue weighted by molar-refractivity contribution is -0.0800. The second kappa shape index (κ2) is 2.64. The Morgan fingerprint density at radius 3 is 2.30 bits per heavy atom. The molecule has 0 aromatic rings. The van der Waals surface area contributed by atoms with Gasteiger partial charge in [0.2, 0.25) is 0 Å². The molecule has 0 aromatic heterocycles. The maximum atomic E-state index is 11.4. The Bertz CT molecular complexity index is 130.